The van der Waals surface area contributed by atoms with Crippen LogP contribution < -0.4 is 5.32 Å². The third-order valence-corrected chi connectivity index (χ3v) is 1.44. The van der Waals surface area contributed by atoms with Gasteiger partial charge in [-0.25, -0.2) is 9.18 Å². The highest BCUT2D eigenvalue weighted by molar-refractivity contribution is 5.84. The Kier molecular flexibility index (Phi) is 3.87. The number of ether oxygens (including phenoxy) is 1. The van der Waals surface area contributed by atoms with Crippen molar-refractivity contribution >= 4 is 11.8 Å². The van der Waals surface area contributed by atoms with Crippen molar-refractivity contribution in [3.05, 3.63) is 30.1 Å². The molecule has 76 valence electrons. The van der Waals surface area contributed by atoms with Crippen molar-refractivity contribution in [2.75, 3.05) is 18.5 Å². The summed E-state index contributed by atoms with van der Waals surface area (Å²) in [6.07, 6.45) is -0.788. The van der Waals surface area contributed by atoms with Gasteiger partial charge < -0.3 is 9.84 Å². The fourth-order valence-electron chi connectivity index (χ4n) is 0.847. The van der Waals surface area contributed by atoms with E-state index in [4.69, 9.17) is 5.11 Å². The van der Waals surface area contributed by atoms with Crippen molar-refractivity contribution in [2.24, 2.45) is 0 Å². The highest BCUT2D eigenvalue weighted by atomic mass is 19.1. The van der Waals surface area contributed by atoms with Crippen LogP contribution in [0.3, 0.4) is 0 Å². The van der Waals surface area contributed by atoms with Gasteiger partial charge in [-0.1, -0.05) is 12.1 Å². The molecule has 0 bridgehead atoms. The van der Waals surface area contributed by atoms with Crippen molar-refractivity contribution in [3.8, 4) is 0 Å². The standard InChI is InChI=1S/C9H10FNO3/c10-7-3-1-2-4-8(7)11-9(13)14-6-5-12/h1-4,12H,5-6H2,(H,11,13). The molecule has 0 aliphatic carbocycles. The fraction of sp³-hybridized carbons (Fsp3) is 0.222. The molecule has 0 heterocycles. The van der Waals surface area contributed by atoms with Gasteiger partial charge in [-0.05, 0) is 12.1 Å². The first-order chi connectivity index (χ1) is 6.74. The summed E-state index contributed by atoms with van der Waals surface area (Å²) < 4.78 is 17.4. The van der Waals surface area contributed by atoms with Crippen LogP contribution in [0.1, 0.15) is 0 Å². The zero-order valence-corrected chi connectivity index (χ0v) is 7.37. The third-order valence-electron chi connectivity index (χ3n) is 1.44. The van der Waals surface area contributed by atoms with Crippen LogP contribution in [0.2, 0.25) is 0 Å². The van der Waals surface area contributed by atoms with Gasteiger partial charge in [0.1, 0.15) is 12.4 Å². The minimum absolute atomic E-state index is 0.0513. The van der Waals surface area contributed by atoms with Gasteiger partial charge >= 0.3 is 6.09 Å². The maximum Gasteiger partial charge on any atom is 0.411 e. The number of nitrogens with one attached hydrogen (secondary N) is 1. The van der Waals surface area contributed by atoms with Crippen molar-refractivity contribution in [3.63, 3.8) is 0 Å². The van der Waals surface area contributed by atoms with E-state index in [0.29, 0.717) is 0 Å². The second-order valence-electron chi connectivity index (χ2n) is 2.46. The minimum atomic E-state index is -0.788. The lowest BCUT2D eigenvalue weighted by atomic mass is 10.3. The maximum absolute atomic E-state index is 13.0. The quantitative estimate of drug-likeness (QED) is 0.772. The van der Waals surface area contributed by atoms with Crippen LogP contribution in [0, 0.1) is 5.82 Å². The molecular weight excluding hydrogens is 189 g/mol. The molecule has 14 heavy (non-hydrogen) atoms. The summed E-state index contributed by atoms with van der Waals surface area (Å²) in [7, 11) is 0. The van der Waals surface area contributed by atoms with Crippen molar-refractivity contribution in [1.82, 2.24) is 0 Å². The Labute approximate surface area is 80.3 Å². The number of amides is 1. The van der Waals surface area contributed by atoms with E-state index in [0.717, 1.165) is 0 Å². The molecule has 1 aromatic carbocycles. The Hall–Kier alpha value is -1.62. The largest absolute Gasteiger partial charge is 0.447 e. The predicted molar refractivity (Wildman–Crippen MR) is 48.5 cm³/mol. The Balaban J connectivity index is 2.52. The van der Waals surface area contributed by atoms with E-state index in [1.807, 2.05) is 0 Å². The molecule has 0 atom stereocenters. The van der Waals surface area contributed by atoms with E-state index in [2.05, 4.69) is 10.1 Å². The van der Waals surface area contributed by atoms with Gasteiger partial charge in [-0.3, -0.25) is 5.32 Å². The predicted octanol–water partition coefficient (Wildman–Crippen LogP) is 1.37. The topological polar surface area (TPSA) is 58.6 Å². The summed E-state index contributed by atoms with van der Waals surface area (Å²) in [6.45, 7) is -0.370. The van der Waals surface area contributed by atoms with E-state index in [9.17, 15) is 9.18 Å². The number of carbonyl (C=O) groups excluding carboxylic acids is 1. The molecule has 0 saturated carbocycles. The summed E-state index contributed by atoms with van der Waals surface area (Å²) in [6, 6.07) is 5.74. The molecule has 0 unspecified atom stereocenters. The van der Waals surface area contributed by atoms with Gasteiger partial charge in [0.2, 0.25) is 0 Å². The molecule has 2 N–H and O–H groups in total. The molecule has 0 aliphatic heterocycles. The second kappa shape index (κ2) is 5.18. The van der Waals surface area contributed by atoms with Gasteiger partial charge in [0.15, 0.2) is 0 Å². The first-order valence-electron chi connectivity index (χ1n) is 4.03. The lowest BCUT2D eigenvalue weighted by Crippen LogP contribution is -2.16. The van der Waals surface area contributed by atoms with E-state index < -0.39 is 11.9 Å². The summed E-state index contributed by atoms with van der Waals surface area (Å²) in [5, 5.41) is 10.6. The van der Waals surface area contributed by atoms with Crippen LogP contribution in [-0.4, -0.2) is 24.4 Å². The van der Waals surface area contributed by atoms with Crippen LogP contribution in [0.5, 0.6) is 0 Å². The number of anilines is 1. The zero-order valence-electron chi connectivity index (χ0n) is 7.37. The number of para-hydroxylation sites is 1. The fourth-order valence-corrected chi connectivity index (χ4v) is 0.847. The number of rotatable bonds is 3. The van der Waals surface area contributed by atoms with Crippen LogP contribution in [0.25, 0.3) is 0 Å². The van der Waals surface area contributed by atoms with Crippen molar-refractivity contribution in [2.45, 2.75) is 0 Å². The number of carbonyl (C=O) groups is 1. The highest BCUT2D eigenvalue weighted by Crippen LogP contribution is 2.12. The van der Waals surface area contributed by atoms with Gasteiger partial charge in [0.05, 0.1) is 12.3 Å². The number of aliphatic hydroxyl groups excluding tert-OH is 1. The number of hydrogen-bond donors (Lipinski definition) is 2. The molecule has 0 spiro atoms. The van der Waals surface area contributed by atoms with E-state index in [1.165, 1.54) is 18.2 Å². The summed E-state index contributed by atoms with van der Waals surface area (Å²) >= 11 is 0. The molecule has 4 nitrogen and oxygen atoms in total. The van der Waals surface area contributed by atoms with E-state index in [1.54, 1.807) is 6.07 Å². The molecule has 1 amide bonds. The highest BCUT2D eigenvalue weighted by Gasteiger charge is 2.05. The molecule has 0 aliphatic rings. The zero-order chi connectivity index (χ0) is 10.4. The number of benzene rings is 1. The van der Waals surface area contributed by atoms with Crippen molar-refractivity contribution in [1.29, 1.82) is 0 Å². The molecular formula is C9H10FNO3. The molecule has 1 rings (SSSR count). The smallest absolute Gasteiger partial charge is 0.411 e. The molecule has 0 saturated heterocycles. The first-order valence-corrected chi connectivity index (χ1v) is 4.03. The Morgan fingerprint density at radius 2 is 2.21 bits per heavy atom. The SMILES string of the molecule is O=C(Nc1ccccc1F)OCCO. The van der Waals surface area contributed by atoms with E-state index >= 15 is 0 Å². The van der Waals surface area contributed by atoms with Gasteiger partial charge in [0.25, 0.3) is 0 Å². The first kappa shape index (κ1) is 10.5. The monoisotopic (exact) mass is 199 g/mol. The van der Waals surface area contributed by atoms with Crippen LogP contribution >= 0.6 is 0 Å². The number of aliphatic hydroxyl groups is 1. The number of halogens is 1. The molecule has 0 fully saturated rings. The minimum Gasteiger partial charge on any atom is -0.447 e. The van der Waals surface area contributed by atoms with Gasteiger partial charge in [-0.15, -0.1) is 0 Å². The third kappa shape index (κ3) is 3.02. The van der Waals surface area contributed by atoms with Crippen molar-refractivity contribution < 1.29 is 19.0 Å². The van der Waals surface area contributed by atoms with E-state index in [-0.39, 0.29) is 18.9 Å². The average Bonchev–Trinajstić information content (AvgIpc) is 2.18. The second-order valence-corrected chi connectivity index (χ2v) is 2.46. The lowest BCUT2D eigenvalue weighted by molar-refractivity contribution is 0.131. The van der Waals surface area contributed by atoms with Gasteiger partial charge in [0, 0.05) is 0 Å². The lowest BCUT2D eigenvalue weighted by Gasteiger charge is -2.05. The molecule has 0 aromatic heterocycles. The Bertz CT molecular complexity index is 317. The Morgan fingerprint density at radius 1 is 1.50 bits per heavy atom. The summed E-state index contributed by atoms with van der Waals surface area (Å²) in [5.41, 5.74) is 0.0513. The summed E-state index contributed by atoms with van der Waals surface area (Å²) in [5.74, 6) is -0.534. The van der Waals surface area contributed by atoms with Crippen LogP contribution in [0.4, 0.5) is 14.9 Å². The molecule has 0 radical (unpaired) electrons. The van der Waals surface area contributed by atoms with Crippen LogP contribution in [0.15, 0.2) is 24.3 Å². The van der Waals surface area contributed by atoms with Crippen LogP contribution in [-0.2, 0) is 4.74 Å². The number of hydrogen-bond acceptors (Lipinski definition) is 3. The molecule has 1 aromatic rings. The normalized spacial score (nSPS) is 9.57. The summed E-state index contributed by atoms with van der Waals surface area (Å²) in [4.78, 5) is 10.9. The Morgan fingerprint density at radius 3 is 2.86 bits per heavy atom. The average molecular weight is 199 g/mol. The van der Waals surface area contributed by atoms with Gasteiger partial charge in [-0.2, -0.15) is 0 Å². The maximum atomic E-state index is 13.0. The molecule has 5 heteroatoms.